The van der Waals surface area contributed by atoms with Gasteiger partial charge in [0, 0.05) is 13.2 Å². The molecule has 7 heteroatoms. The molecule has 1 aromatic rings. The van der Waals surface area contributed by atoms with Gasteiger partial charge in [0.25, 0.3) is 0 Å². The van der Waals surface area contributed by atoms with E-state index in [0.717, 1.165) is 19.4 Å². The zero-order chi connectivity index (χ0) is 14.6. The summed E-state index contributed by atoms with van der Waals surface area (Å²) in [5.41, 5.74) is 6.11. The van der Waals surface area contributed by atoms with Crippen molar-refractivity contribution in [1.82, 2.24) is 4.72 Å². The van der Waals surface area contributed by atoms with E-state index in [2.05, 4.69) is 4.72 Å². The van der Waals surface area contributed by atoms with E-state index in [1.807, 2.05) is 6.07 Å². The molecule has 2 rings (SSSR count). The molecule has 1 fully saturated rings. The summed E-state index contributed by atoms with van der Waals surface area (Å²) >= 11 is 0. The Morgan fingerprint density at radius 3 is 2.90 bits per heavy atom. The van der Waals surface area contributed by atoms with Crippen molar-refractivity contribution in [3.63, 3.8) is 0 Å². The van der Waals surface area contributed by atoms with E-state index >= 15 is 0 Å². The number of nitrogens with one attached hydrogen (secondary N) is 1. The van der Waals surface area contributed by atoms with E-state index < -0.39 is 10.0 Å². The van der Waals surface area contributed by atoms with Crippen LogP contribution in [-0.4, -0.2) is 28.2 Å². The molecule has 20 heavy (non-hydrogen) atoms. The Morgan fingerprint density at radius 1 is 1.50 bits per heavy atom. The van der Waals surface area contributed by atoms with Gasteiger partial charge >= 0.3 is 0 Å². The van der Waals surface area contributed by atoms with Gasteiger partial charge in [0.15, 0.2) is 0 Å². The van der Waals surface area contributed by atoms with E-state index in [0.29, 0.717) is 18.7 Å². The van der Waals surface area contributed by atoms with Gasteiger partial charge in [-0.05, 0) is 37.0 Å². The predicted molar refractivity (Wildman–Crippen MR) is 74.3 cm³/mol. The molecule has 1 aliphatic rings. The minimum absolute atomic E-state index is 0.00762. The van der Waals surface area contributed by atoms with Crippen LogP contribution in [0.1, 0.15) is 18.4 Å². The summed E-state index contributed by atoms with van der Waals surface area (Å²) in [5.74, 6) is 0.193. The molecule has 0 amide bonds. The lowest BCUT2D eigenvalue weighted by Crippen LogP contribution is -2.33. The third-order valence-electron chi connectivity index (χ3n) is 3.25. The summed E-state index contributed by atoms with van der Waals surface area (Å²) in [5, 5.41) is 8.74. The molecule has 0 aliphatic carbocycles. The summed E-state index contributed by atoms with van der Waals surface area (Å²) in [6.45, 7) is 1.65. The molecular formula is C13H17N3O3S. The van der Waals surface area contributed by atoms with Crippen molar-refractivity contribution in [2.45, 2.75) is 17.7 Å². The molecule has 0 bridgehead atoms. The van der Waals surface area contributed by atoms with Crippen LogP contribution < -0.4 is 10.5 Å². The molecule has 1 heterocycles. The molecule has 1 atom stereocenters. The average molecular weight is 295 g/mol. The Kier molecular flexibility index (Phi) is 4.60. The van der Waals surface area contributed by atoms with Gasteiger partial charge in [-0.2, -0.15) is 5.26 Å². The van der Waals surface area contributed by atoms with Gasteiger partial charge in [0.1, 0.15) is 4.90 Å². The molecule has 0 radical (unpaired) electrons. The number of ether oxygens (including phenoxy) is 1. The van der Waals surface area contributed by atoms with Crippen molar-refractivity contribution in [2.24, 2.45) is 5.92 Å². The van der Waals surface area contributed by atoms with Crippen LogP contribution in [0, 0.1) is 17.2 Å². The maximum atomic E-state index is 12.2. The van der Waals surface area contributed by atoms with Gasteiger partial charge in [-0.15, -0.1) is 0 Å². The molecule has 0 spiro atoms. The SMILES string of the molecule is N#Cc1ccc(S(=O)(=O)NCC2CCCOC2)c(N)c1. The predicted octanol–water partition coefficient (Wildman–Crippen LogP) is 0.845. The van der Waals surface area contributed by atoms with E-state index in [4.69, 9.17) is 15.7 Å². The molecule has 0 saturated carbocycles. The highest BCUT2D eigenvalue weighted by molar-refractivity contribution is 7.89. The molecule has 0 aromatic heterocycles. The number of benzene rings is 1. The van der Waals surface area contributed by atoms with Crippen LogP contribution in [0.25, 0.3) is 0 Å². The fraction of sp³-hybridized carbons (Fsp3) is 0.462. The van der Waals surface area contributed by atoms with Crippen LogP contribution in [0.2, 0.25) is 0 Å². The number of sulfonamides is 1. The monoisotopic (exact) mass is 295 g/mol. The summed E-state index contributed by atoms with van der Waals surface area (Å²) in [6, 6.07) is 6.07. The minimum Gasteiger partial charge on any atom is -0.398 e. The lowest BCUT2D eigenvalue weighted by Gasteiger charge is -2.22. The highest BCUT2D eigenvalue weighted by atomic mass is 32.2. The largest absolute Gasteiger partial charge is 0.398 e. The van der Waals surface area contributed by atoms with Gasteiger partial charge in [-0.1, -0.05) is 0 Å². The fourth-order valence-corrected chi connectivity index (χ4v) is 3.36. The lowest BCUT2D eigenvalue weighted by atomic mass is 10.0. The Labute approximate surface area is 118 Å². The Bertz CT molecular complexity index is 616. The van der Waals surface area contributed by atoms with Gasteiger partial charge in [0.2, 0.25) is 10.0 Å². The highest BCUT2D eigenvalue weighted by Gasteiger charge is 2.21. The van der Waals surface area contributed by atoms with Crippen molar-refractivity contribution < 1.29 is 13.2 Å². The number of hydrogen-bond acceptors (Lipinski definition) is 5. The molecule has 1 aromatic carbocycles. The second-order valence-corrected chi connectivity index (χ2v) is 6.53. The van der Waals surface area contributed by atoms with Gasteiger partial charge in [-0.25, -0.2) is 13.1 Å². The first-order valence-corrected chi connectivity index (χ1v) is 7.88. The number of nitrogen functional groups attached to an aromatic ring is 1. The summed E-state index contributed by atoms with van der Waals surface area (Å²) in [6.07, 6.45) is 1.90. The number of anilines is 1. The molecule has 1 aliphatic heterocycles. The zero-order valence-corrected chi connectivity index (χ0v) is 11.8. The molecule has 1 unspecified atom stereocenters. The van der Waals surface area contributed by atoms with Crippen molar-refractivity contribution >= 4 is 15.7 Å². The second kappa shape index (κ2) is 6.22. The molecule has 6 nitrogen and oxygen atoms in total. The molecule has 1 saturated heterocycles. The van der Waals surface area contributed by atoms with Crippen LogP contribution in [0.5, 0.6) is 0 Å². The topological polar surface area (TPSA) is 105 Å². The maximum Gasteiger partial charge on any atom is 0.242 e. The van der Waals surface area contributed by atoms with Gasteiger partial charge in [0.05, 0.1) is 23.9 Å². The number of hydrogen-bond donors (Lipinski definition) is 2. The van der Waals surface area contributed by atoms with Gasteiger partial charge in [-0.3, -0.25) is 0 Å². The first-order chi connectivity index (χ1) is 9.53. The molecular weight excluding hydrogens is 278 g/mol. The fourth-order valence-electron chi connectivity index (χ4n) is 2.14. The average Bonchev–Trinajstić information content (AvgIpc) is 2.46. The third kappa shape index (κ3) is 3.48. The van der Waals surface area contributed by atoms with Gasteiger partial charge < -0.3 is 10.5 Å². The van der Waals surface area contributed by atoms with E-state index in [9.17, 15) is 8.42 Å². The first kappa shape index (κ1) is 14.8. The van der Waals surface area contributed by atoms with E-state index in [-0.39, 0.29) is 16.5 Å². The smallest absolute Gasteiger partial charge is 0.242 e. The van der Waals surface area contributed by atoms with Crippen LogP contribution in [0.3, 0.4) is 0 Å². The van der Waals surface area contributed by atoms with Crippen molar-refractivity contribution in [3.8, 4) is 6.07 Å². The number of nitrogens with zero attached hydrogens (tertiary/aromatic N) is 1. The molecule has 3 N–H and O–H groups in total. The van der Waals surface area contributed by atoms with E-state index in [1.165, 1.54) is 18.2 Å². The van der Waals surface area contributed by atoms with Crippen LogP contribution in [0.4, 0.5) is 5.69 Å². The summed E-state index contributed by atoms with van der Waals surface area (Å²) in [7, 11) is -3.66. The second-order valence-electron chi connectivity index (χ2n) is 4.80. The Morgan fingerprint density at radius 2 is 2.30 bits per heavy atom. The summed E-state index contributed by atoms with van der Waals surface area (Å²) < 4.78 is 32.2. The standard InChI is InChI=1S/C13H17N3O3S/c14-7-10-3-4-13(12(15)6-10)20(17,18)16-8-11-2-1-5-19-9-11/h3-4,6,11,16H,1-2,5,8-9,15H2. The van der Waals surface area contributed by atoms with Crippen molar-refractivity contribution in [1.29, 1.82) is 5.26 Å². The van der Waals surface area contributed by atoms with Crippen molar-refractivity contribution in [2.75, 3.05) is 25.5 Å². The number of nitrogens with two attached hydrogens (primary N) is 1. The van der Waals surface area contributed by atoms with Crippen LogP contribution >= 0.6 is 0 Å². The minimum atomic E-state index is -3.66. The lowest BCUT2D eigenvalue weighted by molar-refractivity contribution is 0.0568. The van der Waals surface area contributed by atoms with Crippen molar-refractivity contribution in [3.05, 3.63) is 23.8 Å². The molecule has 108 valence electrons. The normalized spacial score (nSPS) is 19.4. The third-order valence-corrected chi connectivity index (χ3v) is 4.74. The zero-order valence-electron chi connectivity index (χ0n) is 11.0. The Balaban J connectivity index is 2.08. The first-order valence-electron chi connectivity index (χ1n) is 6.40. The quantitative estimate of drug-likeness (QED) is 0.801. The van der Waals surface area contributed by atoms with E-state index in [1.54, 1.807) is 0 Å². The van der Waals surface area contributed by atoms with Crippen LogP contribution in [0.15, 0.2) is 23.1 Å². The maximum absolute atomic E-state index is 12.2. The number of rotatable bonds is 4. The Hall–Kier alpha value is -1.62. The number of nitriles is 1. The highest BCUT2D eigenvalue weighted by Crippen LogP contribution is 2.20. The summed E-state index contributed by atoms with van der Waals surface area (Å²) in [4.78, 5) is 0.00762. The van der Waals surface area contributed by atoms with Crippen LogP contribution in [-0.2, 0) is 14.8 Å².